The van der Waals surface area contributed by atoms with Gasteiger partial charge in [-0.05, 0) is 61.9 Å². The van der Waals surface area contributed by atoms with Crippen LogP contribution >= 0.6 is 0 Å². The Kier molecular flexibility index (Phi) is 7.38. The summed E-state index contributed by atoms with van der Waals surface area (Å²) >= 11 is 0. The van der Waals surface area contributed by atoms with Crippen LogP contribution in [-0.4, -0.2) is 16.6 Å². The van der Waals surface area contributed by atoms with E-state index in [9.17, 15) is 0 Å². The molecule has 0 aromatic rings. The third-order valence-electron chi connectivity index (χ3n) is 5.72. The lowest BCUT2D eigenvalue weighted by molar-refractivity contribution is 0.412. The van der Waals surface area contributed by atoms with Crippen molar-refractivity contribution in [1.82, 2.24) is 0 Å². The van der Waals surface area contributed by atoms with Crippen LogP contribution in [-0.2, 0) is 4.12 Å². The topological polar surface area (TPSA) is 9.23 Å². The number of hydrogen-bond donors (Lipinski definition) is 0. The molecule has 0 aromatic heterocycles. The van der Waals surface area contributed by atoms with E-state index in [-0.39, 0.29) is 10.1 Å². The van der Waals surface area contributed by atoms with Crippen LogP contribution in [0.3, 0.4) is 0 Å². The van der Waals surface area contributed by atoms with Crippen LogP contribution in [0.2, 0.25) is 36.3 Å². The summed E-state index contributed by atoms with van der Waals surface area (Å²) in [5.74, 6) is 0. The maximum atomic E-state index is 6.96. The first-order valence-electron chi connectivity index (χ1n) is 8.25. The van der Waals surface area contributed by atoms with Crippen LogP contribution in [0.5, 0.6) is 0 Å². The highest BCUT2D eigenvalue weighted by atomic mass is 28.4. The van der Waals surface area contributed by atoms with E-state index in [4.69, 9.17) is 4.12 Å². The molecule has 0 bridgehead atoms. The predicted molar refractivity (Wildman–Crippen MR) is 103 cm³/mol. The van der Waals surface area contributed by atoms with Crippen LogP contribution < -0.4 is 0 Å². The molecule has 0 N–H and O–H groups in total. The van der Waals surface area contributed by atoms with Crippen LogP contribution in [0.25, 0.3) is 0 Å². The second kappa shape index (κ2) is 7.43. The Hall–Kier alpha value is -0.126. The summed E-state index contributed by atoms with van der Waals surface area (Å²) in [4.78, 5) is 0. The second-order valence-corrected chi connectivity index (χ2v) is 18.1. The minimum absolute atomic E-state index is 0.278. The molecule has 0 radical (unpaired) electrons. The zero-order valence-corrected chi connectivity index (χ0v) is 17.8. The van der Waals surface area contributed by atoms with Crippen LogP contribution in [0.15, 0.2) is 25.3 Å². The second-order valence-electron chi connectivity index (χ2n) is 8.55. The van der Waals surface area contributed by atoms with Gasteiger partial charge in [0, 0.05) is 0 Å². The van der Waals surface area contributed by atoms with Crippen LogP contribution in [0, 0.1) is 0 Å². The fourth-order valence-electron chi connectivity index (χ4n) is 2.44. The van der Waals surface area contributed by atoms with Gasteiger partial charge >= 0.3 is 0 Å². The minimum atomic E-state index is -1.76. The van der Waals surface area contributed by atoms with Gasteiger partial charge in [0.05, 0.1) is 0 Å². The average Bonchev–Trinajstić information content (AvgIpc) is 2.32. The molecule has 3 heteroatoms. The third kappa shape index (κ3) is 5.53. The Morgan fingerprint density at radius 1 is 0.762 bits per heavy atom. The molecule has 0 saturated carbocycles. The molecular weight excluding hydrogens is 288 g/mol. The smallest absolute Gasteiger partial charge is 0.179 e. The van der Waals surface area contributed by atoms with Gasteiger partial charge in [-0.3, -0.25) is 0 Å². The first kappa shape index (κ1) is 20.9. The summed E-state index contributed by atoms with van der Waals surface area (Å²) in [7, 11) is -3.53. The SMILES string of the molecule is C=CCCC(C)(C)[Si](C)(C)O[Si](C)(C)C(C)(C)CCC=C. The van der Waals surface area contributed by atoms with Crippen molar-refractivity contribution < 1.29 is 4.12 Å². The molecule has 0 unspecified atom stereocenters. The van der Waals surface area contributed by atoms with E-state index in [1.807, 2.05) is 12.2 Å². The highest BCUT2D eigenvalue weighted by molar-refractivity contribution is 6.87. The Morgan fingerprint density at radius 3 is 1.29 bits per heavy atom. The Bertz CT molecular complexity index is 320. The van der Waals surface area contributed by atoms with Gasteiger partial charge in [0.1, 0.15) is 0 Å². The quantitative estimate of drug-likeness (QED) is 0.313. The minimum Gasteiger partial charge on any atom is -0.455 e. The molecule has 0 saturated heterocycles. The number of allylic oxidation sites excluding steroid dienone is 2. The Balaban J connectivity index is 5.12. The van der Waals surface area contributed by atoms with Gasteiger partial charge in [-0.1, -0.05) is 39.8 Å². The van der Waals surface area contributed by atoms with E-state index in [0.29, 0.717) is 0 Å². The molecule has 1 nitrogen and oxygen atoms in total. The summed E-state index contributed by atoms with van der Waals surface area (Å²) in [5.41, 5.74) is 0. The Morgan fingerprint density at radius 2 is 1.05 bits per heavy atom. The largest absolute Gasteiger partial charge is 0.455 e. The maximum absolute atomic E-state index is 6.96. The molecule has 0 aliphatic heterocycles. The fourth-order valence-corrected chi connectivity index (χ4v) is 11.2. The molecular formula is C18H38OSi2. The molecule has 0 spiro atoms. The lowest BCUT2D eigenvalue weighted by Crippen LogP contribution is -2.55. The fraction of sp³-hybridized carbons (Fsp3) is 0.778. The monoisotopic (exact) mass is 326 g/mol. The van der Waals surface area contributed by atoms with Gasteiger partial charge in [0.25, 0.3) is 0 Å². The summed E-state index contributed by atoms with van der Waals surface area (Å²) in [5, 5.41) is 0.556. The first-order chi connectivity index (χ1) is 9.33. The maximum Gasteiger partial charge on any atom is 0.179 e. The predicted octanol–water partition coefficient (Wildman–Crippen LogP) is 6.91. The van der Waals surface area contributed by atoms with Crippen molar-refractivity contribution in [2.75, 3.05) is 0 Å². The number of rotatable bonds is 10. The van der Waals surface area contributed by atoms with Gasteiger partial charge in [0.15, 0.2) is 16.6 Å². The molecule has 124 valence electrons. The van der Waals surface area contributed by atoms with E-state index in [2.05, 4.69) is 67.0 Å². The summed E-state index contributed by atoms with van der Waals surface area (Å²) in [6.07, 6.45) is 8.56. The lowest BCUT2D eigenvalue weighted by Gasteiger charge is -2.49. The normalized spacial score (nSPS) is 14.1. The molecule has 0 aromatic carbocycles. The highest BCUT2D eigenvalue weighted by Crippen LogP contribution is 2.49. The van der Waals surface area contributed by atoms with Gasteiger partial charge in [0.2, 0.25) is 0 Å². The molecule has 0 rings (SSSR count). The van der Waals surface area contributed by atoms with Crippen molar-refractivity contribution in [3.05, 3.63) is 25.3 Å². The molecule has 0 heterocycles. The van der Waals surface area contributed by atoms with Crippen molar-refractivity contribution in [3.63, 3.8) is 0 Å². The lowest BCUT2D eigenvalue weighted by atomic mass is 10.1. The molecule has 0 amide bonds. The molecule has 21 heavy (non-hydrogen) atoms. The molecule has 0 aliphatic carbocycles. The first-order valence-corrected chi connectivity index (χ1v) is 14.1. The van der Waals surface area contributed by atoms with Crippen molar-refractivity contribution in [2.24, 2.45) is 0 Å². The summed E-state index contributed by atoms with van der Waals surface area (Å²) < 4.78 is 6.96. The van der Waals surface area contributed by atoms with E-state index in [1.165, 1.54) is 12.8 Å². The third-order valence-corrected chi connectivity index (χ3v) is 16.8. The van der Waals surface area contributed by atoms with Crippen molar-refractivity contribution in [2.45, 2.75) is 89.6 Å². The molecule has 0 aliphatic rings. The molecule has 0 fully saturated rings. The zero-order valence-electron chi connectivity index (χ0n) is 15.8. The Labute approximate surface area is 136 Å². The van der Waals surface area contributed by atoms with Crippen LogP contribution in [0.4, 0.5) is 0 Å². The van der Waals surface area contributed by atoms with E-state index < -0.39 is 16.6 Å². The van der Waals surface area contributed by atoms with E-state index in [1.54, 1.807) is 0 Å². The van der Waals surface area contributed by atoms with Crippen LogP contribution in [0.1, 0.15) is 53.4 Å². The average molecular weight is 327 g/mol. The van der Waals surface area contributed by atoms with Gasteiger partial charge in [-0.15, -0.1) is 13.2 Å². The van der Waals surface area contributed by atoms with Crippen molar-refractivity contribution >= 4 is 16.6 Å². The van der Waals surface area contributed by atoms with Crippen molar-refractivity contribution in [1.29, 1.82) is 0 Å². The standard InChI is InChI=1S/C18H38OSi2/c1-11-13-15-17(3,4)20(7,8)19-21(9,10)18(5,6)16-14-12-2/h11-12H,1-2,13-16H2,3-10H3. The highest BCUT2D eigenvalue weighted by Gasteiger charge is 2.49. The van der Waals surface area contributed by atoms with Gasteiger partial charge in [-0.2, -0.15) is 0 Å². The summed E-state index contributed by atoms with van der Waals surface area (Å²) in [6.45, 7) is 26.8. The van der Waals surface area contributed by atoms with Crippen molar-refractivity contribution in [3.8, 4) is 0 Å². The van der Waals surface area contributed by atoms with Gasteiger partial charge in [-0.25, -0.2) is 0 Å². The summed E-state index contributed by atoms with van der Waals surface area (Å²) in [6, 6.07) is 0. The zero-order chi connectivity index (χ0) is 16.9. The molecule has 0 atom stereocenters. The van der Waals surface area contributed by atoms with Gasteiger partial charge < -0.3 is 4.12 Å². The number of hydrogen-bond acceptors (Lipinski definition) is 1. The van der Waals surface area contributed by atoms with E-state index in [0.717, 1.165) is 12.8 Å². The van der Waals surface area contributed by atoms with E-state index >= 15 is 0 Å².